The number of rotatable bonds is 5. The Kier molecular flexibility index (Phi) is 5.20. The highest BCUT2D eigenvalue weighted by Crippen LogP contribution is 2.35. The molecule has 2 atom stereocenters. The minimum atomic E-state index is -4.79. The summed E-state index contributed by atoms with van der Waals surface area (Å²) in [5.74, 6) is -0.682. The largest absolute Gasteiger partial charge is 0.573 e. The van der Waals surface area contributed by atoms with Crippen molar-refractivity contribution in [3.05, 3.63) is 29.8 Å². The van der Waals surface area contributed by atoms with Crippen LogP contribution in [0.4, 0.5) is 13.2 Å². The normalized spacial score (nSPS) is 15.4. The van der Waals surface area contributed by atoms with Crippen molar-refractivity contribution >= 4 is 0 Å². The fraction of sp³-hybridized carbons (Fsp3) is 0.538. The molecule has 0 amide bonds. The number of para-hydroxylation sites is 1. The van der Waals surface area contributed by atoms with Gasteiger partial charge in [-0.3, -0.25) is 0 Å². The van der Waals surface area contributed by atoms with Crippen LogP contribution in [0.15, 0.2) is 24.3 Å². The van der Waals surface area contributed by atoms with Gasteiger partial charge in [-0.15, -0.1) is 13.2 Å². The molecule has 0 heterocycles. The van der Waals surface area contributed by atoms with E-state index in [1.54, 1.807) is 6.07 Å². The summed E-state index contributed by atoms with van der Waals surface area (Å²) in [4.78, 5) is 0. The van der Waals surface area contributed by atoms with E-state index in [-0.39, 0.29) is 29.7 Å². The Balaban J connectivity index is 3.05. The van der Waals surface area contributed by atoms with Gasteiger partial charge in [0.1, 0.15) is 5.75 Å². The summed E-state index contributed by atoms with van der Waals surface area (Å²) >= 11 is 0. The lowest BCUT2D eigenvalue weighted by Gasteiger charge is -2.26. The SMILES string of the molecule is CC(C)C(CN)C(O)c1ccccc1OC(F)(F)F. The highest BCUT2D eigenvalue weighted by molar-refractivity contribution is 5.35. The first-order chi connectivity index (χ1) is 8.76. The molecule has 2 unspecified atom stereocenters. The Morgan fingerprint density at radius 2 is 1.84 bits per heavy atom. The van der Waals surface area contributed by atoms with Gasteiger partial charge < -0.3 is 15.6 Å². The standard InChI is InChI=1S/C13H18F3NO2/c1-8(2)10(7-17)12(18)9-5-3-4-6-11(9)19-13(14,15)16/h3-6,8,10,12,18H,7,17H2,1-2H3. The monoisotopic (exact) mass is 277 g/mol. The van der Waals surface area contributed by atoms with Gasteiger partial charge in [-0.25, -0.2) is 0 Å². The molecular formula is C13H18F3NO2. The predicted octanol–water partition coefficient (Wildman–Crippen LogP) is 2.85. The van der Waals surface area contributed by atoms with Crippen molar-refractivity contribution in [1.29, 1.82) is 0 Å². The van der Waals surface area contributed by atoms with Crippen LogP contribution in [0.1, 0.15) is 25.5 Å². The number of benzene rings is 1. The van der Waals surface area contributed by atoms with E-state index in [2.05, 4.69) is 4.74 Å². The van der Waals surface area contributed by atoms with Crippen molar-refractivity contribution in [2.24, 2.45) is 17.6 Å². The van der Waals surface area contributed by atoms with E-state index in [0.29, 0.717) is 0 Å². The lowest BCUT2D eigenvalue weighted by atomic mass is 9.86. The fourth-order valence-corrected chi connectivity index (χ4v) is 1.94. The van der Waals surface area contributed by atoms with Crippen LogP contribution in [-0.2, 0) is 0 Å². The Labute approximate surface area is 110 Å². The summed E-state index contributed by atoms with van der Waals surface area (Å²) in [7, 11) is 0. The van der Waals surface area contributed by atoms with Gasteiger partial charge >= 0.3 is 6.36 Å². The van der Waals surface area contributed by atoms with Crippen molar-refractivity contribution in [2.45, 2.75) is 26.3 Å². The second-order valence-electron chi connectivity index (χ2n) is 4.67. The van der Waals surface area contributed by atoms with Gasteiger partial charge in [-0.2, -0.15) is 0 Å². The summed E-state index contributed by atoms with van der Waals surface area (Å²) in [5.41, 5.74) is 5.67. The molecule has 0 fully saturated rings. The Hall–Kier alpha value is -1.27. The van der Waals surface area contributed by atoms with Gasteiger partial charge in [0, 0.05) is 11.5 Å². The molecule has 0 saturated carbocycles. The maximum Gasteiger partial charge on any atom is 0.573 e. The molecule has 0 aliphatic heterocycles. The Morgan fingerprint density at radius 3 is 2.32 bits per heavy atom. The van der Waals surface area contributed by atoms with Crippen molar-refractivity contribution in [3.63, 3.8) is 0 Å². The van der Waals surface area contributed by atoms with Crippen LogP contribution in [0.5, 0.6) is 5.75 Å². The quantitative estimate of drug-likeness (QED) is 0.870. The maximum absolute atomic E-state index is 12.3. The predicted molar refractivity (Wildman–Crippen MR) is 65.5 cm³/mol. The molecule has 3 N–H and O–H groups in total. The van der Waals surface area contributed by atoms with Crippen LogP contribution in [0, 0.1) is 11.8 Å². The number of hydrogen-bond donors (Lipinski definition) is 2. The van der Waals surface area contributed by atoms with Crippen LogP contribution < -0.4 is 10.5 Å². The molecule has 0 aliphatic rings. The zero-order valence-corrected chi connectivity index (χ0v) is 10.8. The number of halogens is 3. The lowest BCUT2D eigenvalue weighted by molar-refractivity contribution is -0.275. The van der Waals surface area contributed by atoms with Crippen LogP contribution in [-0.4, -0.2) is 18.0 Å². The summed E-state index contributed by atoms with van der Waals surface area (Å²) < 4.78 is 40.8. The third-order valence-corrected chi connectivity index (χ3v) is 3.00. The van der Waals surface area contributed by atoms with E-state index in [1.165, 1.54) is 18.2 Å². The minimum Gasteiger partial charge on any atom is -0.405 e. The third-order valence-electron chi connectivity index (χ3n) is 3.00. The molecule has 0 bridgehead atoms. The summed E-state index contributed by atoms with van der Waals surface area (Å²) in [5, 5.41) is 10.2. The van der Waals surface area contributed by atoms with Gasteiger partial charge in [0.25, 0.3) is 0 Å². The average molecular weight is 277 g/mol. The molecular weight excluding hydrogens is 259 g/mol. The number of aliphatic hydroxyl groups is 1. The molecule has 3 nitrogen and oxygen atoms in total. The molecule has 1 aromatic rings. The number of alkyl halides is 3. The second kappa shape index (κ2) is 6.25. The zero-order chi connectivity index (χ0) is 14.6. The molecule has 108 valence electrons. The van der Waals surface area contributed by atoms with Gasteiger partial charge in [-0.05, 0) is 18.5 Å². The van der Waals surface area contributed by atoms with Crippen LogP contribution in [0.2, 0.25) is 0 Å². The molecule has 0 radical (unpaired) electrons. The van der Waals surface area contributed by atoms with Gasteiger partial charge in [0.2, 0.25) is 0 Å². The third kappa shape index (κ3) is 4.40. The first-order valence-corrected chi connectivity index (χ1v) is 5.99. The van der Waals surface area contributed by atoms with Crippen LogP contribution >= 0.6 is 0 Å². The van der Waals surface area contributed by atoms with E-state index in [4.69, 9.17) is 5.73 Å². The van der Waals surface area contributed by atoms with E-state index in [1.807, 2.05) is 13.8 Å². The van der Waals surface area contributed by atoms with Crippen molar-refractivity contribution in [3.8, 4) is 5.75 Å². The van der Waals surface area contributed by atoms with Gasteiger partial charge in [0.05, 0.1) is 6.10 Å². The van der Waals surface area contributed by atoms with Crippen molar-refractivity contribution in [1.82, 2.24) is 0 Å². The molecule has 0 spiro atoms. The fourth-order valence-electron chi connectivity index (χ4n) is 1.94. The molecule has 1 aromatic carbocycles. The number of hydrogen-bond acceptors (Lipinski definition) is 3. The Bertz CT molecular complexity index is 407. The smallest absolute Gasteiger partial charge is 0.405 e. The highest BCUT2D eigenvalue weighted by Gasteiger charge is 2.34. The highest BCUT2D eigenvalue weighted by atomic mass is 19.4. The molecule has 6 heteroatoms. The second-order valence-corrected chi connectivity index (χ2v) is 4.67. The van der Waals surface area contributed by atoms with E-state index < -0.39 is 12.5 Å². The van der Waals surface area contributed by atoms with Crippen molar-refractivity contribution < 1.29 is 23.0 Å². The maximum atomic E-state index is 12.3. The average Bonchev–Trinajstić information content (AvgIpc) is 2.27. The first-order valence-electron chi connectivity index (χ1n) is 5.99. The molecule has 19 heavy (non-hydrogen) atoms. The molecule has 0 aliphatic carbocycles. The topological polar surface area (TPSA) is 55.5 Å². The van der Waals surface area contributed by atoms with Crippen LogP contribution in [0.25, 0.3) is 0 Å². The molecule has 0 saturated heterocycles. The zero-order valence-electron chi connectivity index (χ0n) is 10.8. The van der Waals surface area contributed by atoms with E-state index >= 15 is 0 Å². The lowest BCUT2D eigenvalue weighted by Crippen LogP contribution is -2.27. The minimum absolute atomic E-state index is 0.0407. The van der Waals surface area contributed by atoms with E-state index in [0.717, 1.165) is 0 Å². The van der Waals surface area contributed by atoms with E-state index in [9.17, 15) is 18.3 Å². The summed E-state index contributed by atoms with van der Waals surface area (Å²) in [6, 6.07) is 5.57. The van der Waals surface area contributed by atoms with Crippen LogP contribution in [0.3, 0.4) is 0 Å². The van der Waals surface area contributed by atoms with Gasteiger partial charge in [0.15, 0.2) is 0 Å². The molecule has 1 rings (SSSR count). The summed E-state index contributed by atoms with van der Waals surface area (Å²) in [6.07, 6.45) is -5.88. The molecule has 0 aromatic heterocycles. The number of aliphatic hydroxyl groups excluding tert-OH is 1. The number of ether oxygens (including phenoxy) is 1. The first kappa shape index (κ1) is 15.8. The summed E-state index contributed by atoms with van der Waals surface area (Å²) in [6.45, 7) is 3.89. The van der Waals surface area contributed by atoms with Gasteiger partial charge in [-0.1, -0.05) is 32.0 Å². The van der Waals surface area contributed by atoms with Crippen molar-refractivity contribution in [2.75, 3.05) is 6.54 Å². The Morgan fingerprint density at radius 1 is 1.26 bits per heavy atom. The number of nitrogens with two attached hydrogens (primary N) is 1.